The second-order valence-electron chi connectivity index (χ2n) is 7.78. The van der Waals surface area contributed by atoms with Crippen LogP contribution in [0.1, 0.15) is 44.2 Å². The molecule has 6 heteroatoms. The van der Waals surface area contributed by atoms with Crippen molar-refractivity contribution in [3.63, 3.8) is 0 Å². The molecule has 0 N–H and O–H groups in total. The first-order chi connectivity index (χ1) is 12.5. The normalized spacial score (nSPS) is 30.2. The van der Waals surface area contributed by atoms with Crippen LogP contribution >= 0.6 is 0 Å². The van der Waals surface area contributed by atoms with Gasteiger partial charge in [0.15, 0.2) is 11.5 Å². The number of likely N-dealkylation sites (N-methyl/N-ethyl adjacent to an activating group) is 1. The van der Waals surface area contributed by atoms with Gasteiger partial charge in [-0.25, -0.2) is 4.79 Å². The summed E-state index contributed by atoms with van der Waals surface area (Å²) in [5, 5.41) is 0. The molecule has 3 amide bonds. The van der Waals surface area contributed by atoms with Gasteiger partial charge in [-0.2, -0.15) is 0 Å². The van der Waals surface area contributed by atoms with Crippen LogP contribution in [0.2, 0.25) is 0 Å². The third-order valence-electron chi connectivity index (χ3n) is 6.26. The summed E-state index contributed by atoms with van der Waals surface area (Å²) in [5.41, 5.74) is 0.962. The summed E-state index contributed by atoms with van der Waals surface area (Å²) in [6.07, 6.45) is 5.25. The second kappa shape index (κ2) is 6.49. The maximum absolute atomic E-state index is 12.3. The Morgan fingerprint density at radius 1 is 1.19 bits per heavy atom. The number of hydrogen-bond acceptors (Lipinski definition) is 4. The highest BCUT2D eigenvalue weighted by molar-refractivity contribution is 5.95. The number of amides is 3. The minimum Gasteiger partial charge on any atom is -0.493 e. The van der Waals surface area contributed by atoms with Gasteiger partial charge >= 0.3 is 6.03 Å². The lowest BCUT2D eigenvalue weighted by Crippen LogP contribution is -2.33. The first kappa shape index (κ1) is 17.2. The molecule has 3 aliphatic rings. The van der Waals surface area contributed by atoms with Crippen LogP contribution in [0.25, 0.3) is 0 Å². The molecule has 4 rings (SSSR count). The van der Waals surface area contributed by atoms with Crippen molar-refractivity contribution in [3.8, 4) is 11.5 Å². The topological polar surface area (TPSA) is 59.1 Å². The van der Waals surface area contributed by atoms with Crippen molar-refractivity contribution >= 4 is 11.9 Å². The zero-order valence-corrected chi connectivity index (χ0v) is 15.6. The van der Waals surface area contributed by atoms with Crippen molar-refractivity contribution in [1.29, 1.82) is 0 Å². The highest BCUT2D eigenvalue weighted by Gasteiger charge is 2.42. The van der Waals surface area contributed by atoms with E-state index in [4.69, 9.17) is 9.47 Å². The lowest BCUT2D eigenvalue weighted by atomic mass is 9.97. The van der Waals surface area contributed by atoms with E-state index in [1.807, 2.05) is 18.2 Å². The zero-order chi connectivity index (χ0) is 18.4. The SMILES string of the molecule is COc1ccc(C2CN(C(C)=O)C(=O)N2C)cc1OC1CC2CCC1C2. The van der Waals surface area contributed by atoms with Gasteiger partial charge in [0, 0.05) is 14.0 Å². The molecule has 0 spiro atoms. The van der Waals surface area contributed by atoms with Crippen molar-refractivity contribution < 1.29 is 19.1 Å². The van der Waals surface area contributed by atoms with Crippen LogP contribution in [0.3, 0.4) is 0 Å². The Balaban J connectivity index is 1.58. The Bertz CT molecular complexity index is 735. The monoisotopic (exact) mass is 358 g/mol. The van der Waals surface area contributed by atoms with Crippen LogP contribution in [0.4, 0.5) is 4.79 Å². The Labute approximate surface area is 154 Å². The fraction of sp³-hybridized carbons (Fsp3) is 0.600. The predicted octanol–water partition coefficient (Wildman–Crippen LogP) is 3.22. The third kappa shape index (κ3) is 2.81. The molecule has 2 aliphatic carbocycles. The minimum atomic E-state index is -0.256. The van der Waals surface area contributed by atoms with Crippen molar-refractivity contribution in [1.82, 2.24) is 9.80 Å². The molecule has 1 saturated heterocycles. The van der Waals surface area contributed by atoms with E-state index in [9.17, 15) is 9.59 Å². The highest BCUT2D eigenvalue weighted by atomic mass is 16.5. The van der Waals surface area contributed by atoms with Crippen molar-refractivity contribution in [2.45, 2.75) is 44.8 Å². The summed E-state index contributed by atoms with van der Waals surface area (Å²) >= 11 is 0. The van der Waals surface area contributed by atoms with E-state index in [1.54, 1.807) is 19.1 Å². The number of hydrogen-bond donors (Lipinski definition) is 0. The maximum atomic E-state index is 12.3. The van der Waals surface area contributed by atoms with E-state index in [1.165, 1.54) is 31.1 Å². The molecule has 3 fully saturated rings. The smallest absolute Gasteiger partial charge is 0.327 e. The van der Waals surface area contributed by atoms with Crippen LogP contribution < -0.4 is 9.47 Å². The molecule has 0 radical (unpaired) electrons. The maximum Gasteiger partial charge on any atom is 0.327 e. The van der Waals surface area contributed by atoms with Crippen LogP contribution in [0.5, 0.6) is 11.5 Å². The quantitative estimate of drug-likeness (QED) is 0.829. The molecule has 26 heavy (non-hydrogen) atoms. The number of carbonyl (C=O) groups is 2. The van der Waals surface area contributed by atoms with Crippen LogP contribution in [-0.4, -0.2) is 48.5 Å². The number of benzene rings is 1. The van der Waals surface area contributed by atoms with Gasteiger partial charge in [-0.05, 0) is 55.2 Å². The number of fused-ring (bicyclic) bond motifs is 2. The van der Waals surface area contributed by atoms with Crippen LogP contribution in [-0.2, 0) is 4.79 Å². The molecule has 1 heterocycles. The number of carbonyl (C=O) groups excluding carboxylic acids is 2. The molecular formula is C20H26N2O4. The molecule has 140 valence electrons. The minimum absolute atomic E-state index is 0.167. The van der Waals surface area contributed by atoms with E-state index < -0.39 is 0 Å². The average molecular weight is 358 g/mol. The van der Waals surface area contributed by atoms with E-state index in [2.05, 4.69) is 0 Å². The number of ether oxygens (including phenoxy) is 2. The Kier molecular flexibility index (Phi) is 4.29. The van der Waals surface area contributed by atoms with Crippen LogP contribution in [0.15, 0.2) is 18.2 Å². The van der Waals surface area contributed by atoms with Gasteiger partial charge in [0.05, 0.1) is 19.7 Å². The Morgan fingerprint density at radius 2 is 2.00 bits per heavy atom. The first-order valence-corrected chi connectivity index (χ1v) is 9.37. The molecule has 4 unspecified atom stereocenters. The summed E-state index contributed by atoms with van der Waals surface area (Å²) in [6, 6.07) is 5.40. The molecule has 0 aromatic heterocycles. The highest BCUT2D eigenvalue weighted by Crippen LogP contribution is 2.47. The fourth-order valence-corrected chi connectivity index (χ4v) is 4.78. The summed E-state index contributed by atoms with van der Waals surface area (Å²) in [5.74, 6) is 2.69. The summed E-state index contributed by atoms with van der Waals surface area (Å²) < 4.78 is 11.8. The van der Waals surface area contributed by atoms with Gasteiger partial charge < -0.3 is 14.4 Å². The standard InChI is InChI=1S/C20H26N2O4/c1-12(23)22-11-16(21(2)20(22)24)14-6-7-17(25-3)19(10-14)26-18-9-13-4-5-15(18)8-13/h6-7,10,13,15-16,18H,4-5,8-9,11H2,1-3H3. The molecule has 2 bridgehead atoms. The Morgan fingerprint density at radius 3 is 2.58 bits per heavy atom. The average Bonchev–Trinajstić information content (AvgIpc) is 3.31. The van der Waals surface area contributed by atoms with Crippen molar-refractivity contribution in [2.24, 2.45) is 11.8 Å². The number of urea groups is 1. The largest absolute Gasteiger partial charge is 0.493 e. The zero-order valence-electron chi connectivity index (χ0n) is 15.6. The van der Waals surface area contributed by atoms with Gasteiger partial charge in [-0.3, -0.25) is 9.69 Å². The lowest BCUT2D eigenvalue weighted by Gasteiger charge is -2.25. The van der Waals surface area contributed by atoms with Gasteiger partial charge in [-0.1, -0.05) is 6.07 Å². The third-order valence-corrected chi connectivity index (χ3v) is 6.26. The second-order valence-corrected chi connectivity index (χ2v) is 7.78. The summed E-state index contributed by atoms with van der Waals surface area (Å²) in [7, 11) is 3.38. The van der Waals surface area contributed by atoms with E-state index in [0.29, 0.717) is 18.2 Å². The van der Waals surface area contributed by atoms with Gasteiger partial charge in [0.25, 0.3) is 0 Å². The van der Waals surface area contributed by atoms with E-state index in [-0.39, 0.29) is 24.1 Å². The number of rotatable bonds is 4. The lowest BCUT2D eigenvalue weighted by molar-refractivity contribution is -0.125. The molecule has 1 aromatic rings. The predicted molar refractivity (Wildman–Crippen MR) is 96.1 cm³/mol. The Hall–Kier alpha value is -2.24. The van der Waals surface area contributed by atoms with Crippen LogP contribution in [0, 0.1) is 11.8 Å². The number of methoxy groups -OCH3 is 1. The van der Waals surface area contributed by atoms with Gasteiger partial charge in [0.2, 0.25) is 5.91 Å². The number of imide groups is 1. The molecule has 1 aliphatic heterocycles. The van der Waals surface area contributed by atoms with Crippen molar-refractivity contribution in [2.75, 3.05) is 20.7 Å². The van der Waals surface area contributed by atoms with Crippen molar-refractivity contribution in [3.05, 3.63) is 23.8 Å². The molecule has 1 aromatic carbocycles. The van der Waals surface area contributed by atoms with Gasteiger partial charge in [-0.15, -0.1) is 0 Å². The van der Waals surface area contributed by atoms with Gasteiger partial charge in [0.1, 0.15) is 6.10 Å². The van der Waals surface area contributed by atoms with E-state index in [0.717, 1.165) is 23.7 Å². The summed E-state index contributed by atoms with van der Waals surface area (Å²) in [6.45, 7) is 1.79. The van der Waals surface area contributed by atoms with E-state index >= 15 is 0 Å². The molecule has 4 atom stereocenters. The molecular weight excluding hydrogens is 332 g/mol. The molecule has 6 nitrogen and oxygen atoms in total. The first-order valence-electron chi connectivity index (χ1n) is 9.37. The fourth-order valence-electron chi connectivity index (χ4n) is 4.78. The molecule has 2 saturated carbocycles. The number of nitrogens with zero attached hydrogens (tertiary/aromatic N) is 2. The summed E-state index contributed by atoms with van der Waals surface area (Å²) in [4.78, 5) is 26.9.